The molecule has 1 saturated carbocycles. The van der Waals surface area contributed by atoms with E-state index in [0.717, 1.165) is 32.5 Å². The zero-order valence-electron chi connectivity index (χ0n) is 17.1. The van der Waals surface area contributed by atoms with Gasteiger partial charge in [0.25, 0.3) is 0 Å². The first kappa shape index (κ1) is 22.1. The molecule has 6 heteroatoms. The molecule has 1 aliphatic carbocycles. The van der Waals surface area contributed by atoms with Crippen molar-refractivity contribution in [1.82, 2.24) is 15.5 Å². The number of rotatable bonds is 5. The highest BCUT2D eigenvalue weighted by atomic mass is 35.5. The predicted molar refractivity (Wildman–Crippen MR) is 117 cm³/mol. The Morgan fingerprint density at radius 2 is 1.72 bits per heavy atom. The van der Waals surface area contributed by atoms with Crippen LogP contribution < -0.4 is 10.6 Å². The second kappa shape index (κ2) is 10.4. The number of likely N-dealkylation sites (tertiary alicyclic amines) is 1. The quantitative estimate of drug-likeness (QED) is 0.718. The Morgan fingerprint density at radius 3 is 2.45 bits per heavy atom. The van der Waals surface area contributed by atoms with E-state index in [1.165, 1.54) is 31.2 Å². The Hall–Kier alpha value is -1.59. The summed E-state index contributed by atoms with van der Waals surface area (Å²) < 4.78 is 0. The molecule has 160 valence electrons. The molecule has 2 heterocycles. The summed E-state index contributed by atoms with van der Waals surface area (Å²) in [5.74, 6) is 1.16. The maximum Gasteiger partial charge on any atom is 0.223 e. The van der Waals surface area contributed by atoms with Gasteiger partial charge in [-0.05, 0) is 24.3 Å². The predicted octanol–water partition coefficient (Wildman–Crippen LogP) is 3.45. The van der Waals surface area contributed by atoms with E-state index in [1.807, 2.05) is 23.1 Å². The van der Waals surface area contributed by atoms with E-state index in [-0.39, 0.29) is 30.3 Å². The van der Waals surface area contributed by atoms with Gasteiger partial charge in [-0.15, -0.1) is 12.4 Å². The second-order valence-corrected chi connectivity index (χ2v) is 8.74. The Bertz CT molecular complexity index is 676. The number of fused-ring (bicyclic) bond motifs is 1. The second-order valence-electron chi connectivity index (χ2n) is 8.74. The molecule has 3 fully saturated rings. The molecule has 0 bridgehead atoms. The third-order valence-corrected chi connectivity index (χ3v) is 6.81. The third kappa shape index (κ3) is 5.32. The lowest BCUT2D eigenvalue weighted by Crippen LogP contribution is -2.37. The van der Waals surface area contributed by atoms with E-state index < -0.39 is 0 Å². The van der Waals surface area contributed by atoms with Crippen LogP contribution in [0.4, 0.5) is 0 Å². The number of hydrogen-bond acceptors (Lipinski definition) is 3. The van der Waals surface area contributed by atoms with Crippen LogP contribution in [-0.2, 0) is 9.59 Å². The molecular weight excluding hydrogens is 386 g/mol. The van der Waals surface area contributed by atoms with Gasteiger partial charge in [0, 0.05) is 44.4 Å². The number of carbonyl (C=O) groups is 2. The average molecular weight is 420 g/mol. The van der Waals surface area contributed by atoms with Crippen LogP contribution in [-0.4, -0.2) is 42.4 Å². The summed E-state index contributed by atoms with van der Waals surface area (Å²) in [7, 11) is 0. The van der Waals surface area contributed by atoms with Crippen LogP contribution >= 0.6 is 12.4 Å². The molecule has 0 aromatic heterocycles. The van der Waals surface area contributed by atoms with Gasteiger partial charge in [0.2, 0.25) is 11.8 Å². The summed E-state index contributed by atoms with van der Waals surface area (Å²) in [6, 6.07) is 10.8. The number of benzene rings is 1. The van der Waals surface area contributed by atoms with Crippen molar-refractivity contribution in [3.63, 3.8) is 0 Å². The van der Waals surface area contributed by atoms with E-state index in [9.17, 15) is 9.59 Å². The highest BCUT2D eigenvalue weighted by Crippen LogP contribution is 2.42. The SMILES string of the molecule is Cl.O=C(CCC(=O)N1C[C@@H]2CNC[C@@H]2[C@H]1c1ccccc1)NC1CCCCCC1. The fourth-order valence-corrected chi connectivity index (χ4v) is 5.34. The van der Waals surface area contributed by atoms with Gasteiger partial charge in [-0.1, -0.05) is 56.0 Å². The van der Waals surface area contributed by atoms with Crippen molar-refractivity contribution in [1.29, 1.82) is 0 Å². The van der Waals surface area contributed by atoms with Gasteiger partial charge in [-0.3, -0.25) is 9.59 Å². The minimum absolute atomic E-state index is 0. The van der Waals surface area contributed by atoms with Crippen LogP contribution in [0, 0.1) is 11.8 Å². The summed E-state index contributed by atoms with van der Waals surface area (Å²) in [6.45, 7) is 2.76. The Labute approximate surface area is 180 Å². The maximum atomic E-state index is 13.0. The lowest BCUT2D eigenvalue weighted by Gasteiger charge is -2.28. The molecule has 3 aliphatic rings. The van der Waals surface area contributed by atoms with E-state index in [4.69, 9.17) is 0 Å². The fourth-order valence-electron chi connectivity index (χ4n) is 5.34. The van der Waals surface area contributed by atoms with Crippen molar-refractivity contribution >= 4 is 24.2 Å². The number of hydrogen-bond donors (Lipinski definition) is 2. The van der Waals surface area contributed by atoms with Crippen molar-refractivity contribution in [3.8, 4) is 0 Å². The lowest BCUT2D eigenvalue weighted by molar-refractivity contribution is -0.135. The average Bonchev–Trinajstić information content (AvgIpc) is 3.21. The number of nitrogens with zero attached hydrogens (tertiary/aromatic N) is 1. The van der Waals surface area contributed by atoms with Gasteiger partial charge >= 0.3 is 0 Å². The summed E-state index contributed by atoms with van der Waals surface area (Å²) >= 11 is 0. The summed E-state index contributed by atoms with van der Waals surface area (Å²) in [4.78, 5) is 27.5. The Kier molecular flexibility index (Phi) is 7.96. The van der Waals surface area contributed by atoms with Crippen molar-refractivity contribution in [2.75, 3.05) is 19.6 Å². The molecule has 4 rings (SSSR count). The molecule has 0 unspecified atom stereocenters. The first-order valence-corrected chi connectivity index (χ1v) is 11.1. The zero-order chi connectivity index (χ0) is 19.3. The summed E-state index contributed by atoms with van der Waals surface area (Å²) in [6.07, 6.45) is 7.74. The fraction of sp³-hybridized carbons (Fsp3) is 0.652. The smallest absolute Gasteiger partial charge is 0.223 e. The van der Waals surface area contributed by atoms with Gasteiger partial charge in [0.05, 0.1) is 6.04 Å². The molecule has 0 spiro atoms. The Balaban J connectivity index is 0.00000240. The van der Waals surface area contributed by atoms with Crippen LogP contribution in [0.15, 0.2) is 30.3 Å². The highest BCUT2D eigenvalue weighted by Gasteiger charge is 2.46. The van der Waals surface area contributed by atoms with E-state index in [2.05, 4.69) is 22.8 Å². The molecule has 1 aromatic carbocycles. The first-order chi connectivity index (χ1) is 13.7. The van der Waals surface area contributed by atoms with E-state index in [1.54, 1.807) is 0 Å². The molecule has 5 nitrogen and oxygen atoms in total. The summed E-state index contributed by atoms with van der Waals surface area (Å²) in [5, 5.41) is 6.65. The van der Waals surface area contributed by atoms with Crippen LogP contribution in [0.25, 0.3) is 0 Å². The molecule has 29 heavy (non-hydrogen) atoms. The largest absolute Gasteiger partial charge is 0.353 e. The lowest BCUT2D eigenvalue weighted by atomic mass is 9.89. The zero-order valence-corrected chi connectivity index (χ0v) is 18.0. The Morgan fingerprint density at radius 1 is 1.00 bits per heavy atom. The molecule has 3 atom stereocenters. The van der Waals surface area contributed by atoms with E-state index in [0.29, 0.717) is 30.7 Å². The number of amides is 2. The van der Waals surface area contributed by atoms with Gasteiger partial charge < -0.3 is 15.5 Å². The van der Waals surface area contributed by atoms with Crippen LogP contribution in [0.2, 0.25) is 0 Å². The van der Waals surface area contributed by atoms with E-state index >= 15 is 0 Å². The third-order valence-electron chi connectivity index (χ3n) is 6.81. The highest BCUT2D eigenvalue weighted by molar-refractivity contribution is 5.85. The molecule has 1 aromatic rings. The standard InChI is InChI=1S/C23H33N3O2.ClH/c27-21(25-19-10-6-1-2-7-11-19)12-13-22(28)26-16-18-14-24-15-20(18)23(26)17-8-4-3-5-9-17;/h3-5,8-9,18-20,23-24H,1-2,6-7,10-16H2,(H,25,27);1H/t18-,20-,23+;/m0./s1. The van der Waals surface area contributed by atoms with Gasteiger partial charge in [-0.2, -0.15) is 0 Å². The van der Waals surface area contributed by atoms with Crippen molar-refractivity contribution in [2.24, 2.45) is 11.8 Å². The molecule has 0 radical (unpaired) electrons. The topological polar surface area (TPSA) is 61.4 Å². The summed E-state index contributed by atoms with van der Waals surface area (Å²) in [5.41, 5.74) is 1.22. The van der Waals surface area contributed by atoms with Gasteiger partial charge in [0.1, 0.15) is 0 Å². The molecule has 2 aliphatic heterocycles. The monoisotopic (exact) mass is 419 g/mol. The van der Waals surface area contributed by atoms with Crippen molar-refractivity contribution < 1.29 is 9.59 Å². The van der Waals surface area contributed by atoms with Gasteiger partial charge in [-0.25, -0.2) is 0 Å². The molecule has 2 amide bonds. The van der Waals surface area contributed by atoms with Crippen LogP contribution in [0.3, 0.4) is 0 Å². The number of nitrogens with one attached hydrogen (secondary N) is 2. The van der Waals surface area contributed by atoms with Crippen LogP contribution in [0.5, 0.6) is 0 Å². The minimum Gasteiger partial charge on any atom is -0.353 e. The number of halogens is 1. The molecule has 2 saturated heterocycles. The maximum absolute atomic E-state index is 13.0. The number of carbonyl (C=O) groups excluding carboxylic acids is 2. The van der Waals surface area contributed by atoms with Gasteiger partial charge in [0.15, 0.2) is 0 Å². The van der Waals surface area contributed by atoms with Crippen molar-refractivity contribution in [2.45, 2.75) is 63.5 Å². The normalized spacial score (nSPS) is 27.0. The molecular formula is C23H34ClN3O2. The minimum atomic E-state index is 0. The van der Waals surface area contributed by atoms with Crippen LogP contribution in [0.1, 0.15) is 63.0 Å². The molecule has 2 N–H and O–H groups in total. The first-order valence-electron chi connectivity index (χ1n) is 11.1. The van der Waals surface area contributed by atoms with Crippen molar-refractivity contribution in [3.05, 3.63) is 35.9 Å².